The summed E-state index contributed by atoms with van der Waals surface area (Å²) in [6.07, 6.45) is 4.41. The van der Waals surface area contributed by atoms with Crippen molar-refractivity contribution in [3.05, 3.63) is 28.8 Å². The van der Waals surface area contributed by atoms with Crippen molar-refractivity contribution in [2.45, 2.75) is 6.42 Å². The van der Waals surface area contributed by atoms with Gasteiger partial charge in [-0.15, -0.1) is 11.3 Å². The van der Waals surface area contributed by atoms with E-state index in [2.05, 4.69) is 15.0 Å². The molecule has 0 radical (unpaired) electrons. The highest BCUT2D eigenvalue weighted by Crippen LogP contribution is 2.12. The van der Waals surface area contributed by atoms with Gasteiger partial charge in [0, 0.05) is 43.9 Å². The van der Waals surface area contributed by atoms with Crippen LogP contribution >= 0.6 is 11.3 Å². The quantitative estimate of drug-likeness (QED) is 0.807. The molecule has 17 heavy (non-hydrogen) atoms. The normalized spacial score (nSPS) is 10.2. The second-order valence-corrected chi connectivity index (χ2v) is 4.48. The molecule has 0 N–H and O–H groups in total. The fourth-order valence-electron chi connectivity index (χ4n) is 1.37. The van der Waals surface area contributed by atoms with Crippen molar-refractivity contribution in [3.8, 4) is 5.88 Å². The summed E-state index contributed by atoms with van der Waals surface area (Å²) < 4.78 is 5.07. The van der Waals surface area contributed by atoms with Crippen LogP contribution in [0.3, 0.4) is 0 Å². The summed E-state index contributed by atoms with van der Waals surface area (Å²) in [5.41, 5.74) is 0. The third-order valence-electron chi connectivity index (χ3n) is 2.31. The highest BCUT2D eigenvalue weighted by atomic mass is 32.1. The minimum atomic E-state index is 0.580. The van der Waals surface area contributed by atoms with Gasteiger partial charge < -0.3 is 9.64 Å². The molecule has 0 bridgehead atoms. The average molecular weight is 250 g/mol. The Morgan fingerprint density at radius 1 is 1.35 bits per heavy atom. The van der Waals surface area contributed by atoms with Gasteiger partial charge in [0.2, 0.25) is 11.8 Å². The lowest BCUT2D eigenvalue weighted by molar-refractivity contribution is 0.397. The highest BCUT2D eigenvalue weighted by molar-refractivity contribution is 7.09. The van der Waals surface area contributed by atoms with E-state index in [9.17, 15) is 0 Å². The second kappa shape index (κ2) is 5.58. The number of anilines is 1. The molecule has 5 nitrogen and oxygen atoms in total. The number of aromatic nitrogens is 3. The zero-order valence-electron chi connectivity index (χ0n) is 9.83. The molecule has 0 saturated heterocycles. The monoisotopic (exact) mass is 250 g/mol. The van der Waals surface area contributed by atoms with Crippen LogP contribution in [-0.2, 0) is 6.42 Å². The maximum absolute atomic E-state index is 5.07. The summed E-state index contributed by atoms with van der Waals surface area (Å²) >= 11 is 1.66. The first-order chi connectivity index (χ1) is 8.29. The predicted octanol–water partition coefficient (Wildman–Crippen LogP) is 1.62. The Balaban J connectivity index is 1.96. The SMILES string of the molecule is COc1ccnc(N(C)CCc2nccs2)n1. The molecule has 2 rings (SSSR count). The Bertz CT molecular complexity index is 460. The maximum atomic E-state index is 5.07. The number of methoxy groups -OCH3 is 1. The molecule has 0 unspecified atom stereocenters. The van der Waals surface area contributed by atoms with E-state index in [-0.39, 0.29) is 0 Å². The number of likely N-dealkylation sites (N-methyl/N-ethyl adjacent to an activating group) is 1. The lowest BCUT2D eigenvalue weighted by Crippen LogP contribution is -2.22. The fraction of sp³-hybridized carbons (Fsp3) is 0.364. The van der Waals surface area contributed by atoms with Crippen LogP contribution in [-0.4, -0.2) is 35.7 Å². The van der Waals surface area contributed by atoms with Gasteiger partial charge in [-0.25, -0.2) is 9.97 Å². The summed E-state index contributed by atoms with van der Waals surface area (Å²) in [7, 11) is 3.56. The first kappa shape index (κ1) is 11.8. The molecule has 0 amide bonds. The highest BCUT2D eigenvalue weighted by Gasteiger charge is 2.06. The molecule has 0 atom stereocenters. The number of rotatable bonds is 5. The number of ether oxygens (including phenoxy) is 1. The molecule has 6 heteroatoms. The summed E-state index contributed by atoms with van der Waals surface area (Å²) in [5, 5.41) is 3.11. The van der Waals surface area contributed by atoms with Crippen LogP contribution in [0.25, 0.3) is 0 Å². The van der Waals surface area contributed by atoms with Gasteiger partial charge in [0.15, 0.2) is 0 Å². The van der Waals surface area contributed by atoms with Crippen molar-refractivity contribution in [2.24, 2.45) is 0 Å². The molecule has 2 aromatic rings. The largest absolute Gasteiger partial charge is 0.481 e. The average Bonchev–Trinajstić information content (AvgIpc) is 2.89. The third-order valence-corrected chi connectivity index (χ3v) is 3.15. The van der Waals surface area contributed by atoms with E-state index in [1.807, 2.05) is 23.5 Å². The Labute approximate surface area is 104 Å². The third kappa shape index (κ3) is 3.13. The predicted molar refractivity (Wildman–Crippen MR) is 67.7 cm³/mol. The van der Waals surface area contributed by atoms with Crippen molar-refractivity contribution < 1.29 is 4.74 Å². The second-order valence-electron chi connectivity index (χ2n) is 3.50. The molecule has 2 aromatic heterocycles. The van der Waals surface area contributed by atoms with Crippen LogP contribution in [0, 0.1) is 0 Å². The van der Waals surface area contributed by atoms with Crippen LogP contribution < -0.4 is 9.64 Å². The Morgan fingerprint density at radius 3 is 2.94 bits per heavy atom. The lowest BCUT2D eigenvalue weighted by Gasteiger charge is -2.16. The Morgan fingerprint density at radius 2 is 2.24 bits per heavy atom. The zero-order valence-corrected chi connectivity index (χ0v) is 10.6. The van der Waals surface area contributed by atoms with Gasteiger partial charge in [-0.1, -0.05) is 0 Å². The van der Waals surface area contributed by atoms with Crippen molar-refractivity contribution in [1.29, 1.82) is 0 Å². The molecular formula is C11H14N4OS. The van der Waals surface area contributed by atoms with Crippen molar-refractivity contribution in [1.82, 2.24) is 15.0 Å². The molecule has 0 aliphatic heterocycles. The van der Waals surface area contributed by atoms with Crippen molar-refractivity contribution in [2.75, 3.05) is 25.6 Å². The van der Waals surface area contributed by atoms with E-state index in [0.717, 1.165) is 18.0 Å². The Kier molecular flexibility index (Phi) is 3.87. The molecule has 0 saturated carbocycles. The van der Waals surface area contributed by atoms with Crippen LogP contribution in [0.1, 0.15) is 5.01 Å². The van der Waals surface area contributed by atoms with Crippen molar-refractivity contribution in [3.63, 3.8) is 0 Å². The molecule has 0 aliphatic carbocycles. The number of thiazole rings is 1. The zero-order chi connectivity index (χ0) is 12.1. The van der Waals surface area contributed by atoms with E-state index >= 15 is 0 Å². The van der Waals surface area contributed by atoms with E-state index in [0.29, 0.717) is 11.8 Å². The molecule has 2 heterocycles. The van der Waals surface area contributed by atoms with Gasteiger partial charge in [0.25, 0.3) is 0 Å². The first-order valence-corrected chi connectivity index (χ1v) is 6.14. The van der Waals surface area contributed by atoms with Crippen LogP contribution in [0.4, 0.5) is 5.95 Å². The summed E-state index contributed by atoms with van der Waals surface area (Å²) in [6, 6.07) is 1.73. The van der Waals surface area contributed by atoms with Gasteiger partial charge >= 0.3 is 0 Å². The van der Waals surface area contributed by atoms with Gasteiger partial charge in [0.05, 0.1) is 12.1 Å². The standard InChI is InChI=1S/C11H14N4OS/c1-15(7-4-10-12-6-8-17-10)11-13-5-3-9(14-11)16-2/h3,5-6,8H,4,7H2,1-2H3. The van der Waals surface area contributed by atoms with E-state index in [4.69, 9.17) is 4.74 Å². The first-order valence-electron chi connectivity index (χ1n) is 5.26. The van der Waals surface area contributed by atoms with Gasteiger partial charge in [-0.2, -0.15) is 4.98 Å². The molecule has 0 aliphatic rings. The lowest BCUT2D eigenvalue weighted by atomic mass is 10.4. The van der Waals surface area contributed by atoms with Gasteiger partial charge in [0.1, 0.15) is 0 Å². The summed E-state index contributed by atoms with van der Waals surface area (Å²) in [6.45, 7) is 0.834. The number of nitrogens with zero attached hydrogens (tertiary/aromatic N) is 4. The summed E-state index contributed by atoms with van der Waals surface area (Å²) in [5.74, 6) is 1.25. The van der Waals surface area contributed by atoms with Crippen LogP contribution in [0.5, 0.6) is 5.88 Å². The summed E-state index contributed by atoms with van der Waals surface area (Å²) in [4.78, 5) is 14.7. The minimum Gasteiger partial charge on any atom is -0.481 e. The molecule has 0 aromatic carbocycles. The van der Waals surface area contributed by atoms with Crippen molar-refractivity contribution >= 4 is 17.3 Å². The van der Waals surface area contributed by atoms with Gasteiger partial charge in [-0.3, -0.25) is 0 Å². The van der Waals surface area contributed by atoms with E-state index in [1.54, 1.807) is 30.7 Å². The van der Waals surface area contributed by atoms with Crippen LogP contribution in [0.15, 0.2) is 23.8 Å². The molecule has 0 spiro atoms. The topological polar surface area (TPSA) is 51.1 Å². The van der Waals surface area contributed by atoms with Gasteiger partial charge in [-0.05, 0) is 0 Å². The molecular weight excluding hydrogens is 236 g/mol. The number of hydrogen-bond donors (Lipinski definition) is 0. The molecule has 90 valence electrons. The van der Waals surface area contributed by atoms with E-state index < -0.39 is 0 Å². The van der Waals surface area contributed by atoms with E-state index in [1.165, 1.54) is 0 Å². The Hall–Kier alpha value is -1.69. The van der Waals surface area contributed by atoms with Crippen LogP contribution in [0.2, 0.25) is 0 Å². The molecule has 0 fully saturated rings. The smallest absolute Gasteiger partial charge is 0.228 e. The fourth-order valence-corrected chi connectivity index (χ4v) is 1.98. The number of hydrogen-bond acceptors (Lipinski definition) is 6. The minimum absolute atomic E-state index is 0.580. The maximum Gasteiger partial charge on any atom is 0.228 e.